The van der Waals surface area contributed by atoms with Crippen LogP contribution in [-0.4, -0.2) is 96.7 Å². The van der Waals surface area contributed by atoms with Crippen LogP contribution in [0.5, 0.6) is 0 Å². The third kappa shape index (κ3) is 70.9. The molecule has 0 amide bonds. The third-order valence-electron chi connectivity index (χ3n) is 18.6. The average Bonchev–Trinajstić information content (AvgIpc) is 1.22. The molecule has 17 nitrogen and oxygen atoms in total. The van der Waals surface area contributed by atoms with Crippen LogP contribution >= 0.6 is 15.6 Å². The Morgan fingerprint density at radius 2 is 0.495 bits per heavy atom. The topological polar surface area (TPSA) is 237 Å². The fourth-order valence-corrected chi connectivity index (χ4v) is 13.6. The highest BCUT2D eigenvalue weighted by atomic mass is 31.2. The van der Waals surface area contributed by atoms with Gasteiger partial charge in [-0.25, -0.2) is 9.13 Å². The number of phosphoric acid groups is 2. The molecule has 0 saturated carbocycles. The molecule has 0 spiro atoms. The molecular weight excluding hydrogens is 1270 g/mol. The zero-order chi connectivity index (χ0) is 71.2. The Kier molecular flexibility index (Phi) is 69.6. The van der Waals surface area contributed by atoms with Gasteiger partial charge in [0.2, 0.25) is 0 Å². The van der Waals surface area contributed by atoms with Crippen LogP contribution in [0.2, 0.25) is 0 Å². The molecule has 0 rings (SSSR count). The minimum atomic E-state index is -4.96. The van der Waals surface area contributed by atoms with Crippen LogP contribution in [0.25, 0.3) is 0 Å². The van der Waals surface area contributed by atoms with Crippen molar-refractivity contribution >= 4 is 39.5 Å². The zero-order valence-corrected chi connectivity index (χ0v) is 65.0. The van der Waals surface area contributed by atoms with Gasteiger partial charge in [-0.3, -0.25) is 37.3 Å². The van der Waals surface area contributed by atoms with Crippen LogP contribution in [0.4, 0.5) is 0 Å². The van der Waals surface area contributed by atoms with Crippen LogP contribution < -0.4 is 0 Å². The molecule has 0 aliphatic heterocycles. The second-order valence-electron chi connectivity index (χ2n) is 28.3. The van der Waals surface area contributed by atoms with E-state index in [-0.39, 0.29) is 25.7 Å². The summed E-state index contributed by atoms with van der Waals surface area (Å²) in [5.41, 5.74) is 0. The van der Waals surface area contributed by atoms with Crippen LogP contribution in [0, 0.1) is 5.92 Å². The van der Waals surface area contributed by atoms with Gasteiger partial charge in [0.25, 0.3) is 0 Å². The largest absolute Gasteiger partial charge is 0.472 e. The smallest absolute Gasteiger partial charge is 0.462 e. The molecule has 19 heteroatoms. The summed E-state index contributed by atoms with van der Waals surface area (Å²) in [4.78, 5) is 72.9. The van der Waals surface area contributed by atoms with E-state index in [0.29, 0.717) is 25.7 Å². The van der Waals surface area contributed by atoms with Crippen molar-refractivity contribution in [2.45, 2.75) is 432 Å². The number of rotatable bonds is 78. The van der Waals surface area contributed by atoms with E-state index < -0.39 is 97.5 Å². The lowest BCUT2D eigenvalue weighted by Crippen LogP contribution is -2.30. The molecule has 0 heterocycles. The fourth-order valence-electron chi connectivity index (χ4n) is 12.0. The normalized spacial score (nSPS) is 14.2. The van der Waals surface area contributed by atoms with E-state index in [1.807, 2.05) is 0 Å². The van der Waals surface area contributed by atoms with Gasteiger partial charge in [0, 0.05) is 25.7 Å². The Morgan fingerprint density at radius 1 is 0.289 bits per heavy atom. The van der Waals surface area contributed by atoms with Gasteiger partial charge in [-0.1, -0.05) is 362 Å². The van der Waals surface area contributed by atoms with Crippen molar-refractivity contribution in [3.05, 3.63) is 0 Å². The van der Waals surface area contributed by atoms with Crippen LogP contribution in [-0.2, 0) is 65.4 Å². The van der Waals surface area contributed by atoms with Gasteiger partial charge in [0.15, 0.2) is 12.2 Å². The van der Waals surface area contributed by atoms with Gasteiger partial charge in [0.1, 0.15) is 19.3 Å². The summed E-state index contributed by atoms with van der Waals surface area (Å²) in [5, 5.41) is 10.6. The summed E-state index contributed by atoms with van der Waals surface area (Å²) in [6.45, 7) is 7.34. The number of aliphatic hydroxyl groups excluding tert-OH is 1. The number of esters is 4. The van der Waals surface area contributed by atoms with Gasteiger partial charge in [0.05, 0.1) is 26.4 Å². The van der Waals surface area contributed by atoms with Gasteiger partial charge in [-0.15, -0.1) is 0 Å². The van der Waals surface area contributed by atoms with E-state index in [4.69, 9.17) is 37.0 Å². The first-order valence-corrected chi connectivity index (χ1v) is 43.7. The predicted molar refractivity (Wildman–Crippen MR) is 395 cm³/mol. The summed E-state index contributed by atoms with van der Waals surface area (Å²) in [6, 6.07) is 0. The standard InChI is InChI=1S/C78H152O17P2/c1-6-10-13-16-19-22-25-28-30-32-34-37-43-48-53-58-63-77(82)94-73(67-89-76(81)62-57-52-47-42-36-33-31-29-26-23-20-17-14-11-7-2)69-92-96(84,85)90-65-72(79)66-91-97(86,87)93-70-74(68-88-75(80)61-56-51-46-41-35-27-24-21-18-15-12-8-3)95-78(83)64-59-54-49-44-39-38-40-45-50-55-60-71(5)9-4/h71-74,79H,6-70H2,1-5H3,(H,84,85)(H,86,87)/t71?,72-,73-,74-/m1/s1. The number of carbonyl (C=O) groups excluding carboxylic acids is 4. The molecule has 0 aromatic heterocycles. The summed E-state index contributed by atoms with van der Waals surface area (Å²) in [5.74, 6) is -1.30. The molecule has 0 saturated heterocycles. The molecule has 0 bridgehead atoms. The van der Waals surface area contributed by atoms with E-state index in [2.05, 4.69) is 34.6 Å². The monoisotopic (exact) mass is 1420 g/mol. The molecular formula is C78H152O17P2. The number of phosphoric ester groups is 2. The second-order valence-corrected chi connectivity index (χ2v) is 31.3. The molecule has 0 aliphatic rings. The zero-order valence-electron chi connectivity index (χ0n) is 63.2. The molecule has 0 aromatic rings. The number of hydrogen-bond donors (Lipinski definition) is 3. The molecule has 0 radical (unpaired) electrons. The summed E-state index contributed by atoms with van der Waals surface area (Å²) < 4.78 is 68.7. The van der Waals surface area contributed by atoms with E-state index in [9.17, 15) is 43.2 Å². The van der Waals surface area contributed by atoms with Crippen molar-refractivity contribution in [1.82, 2.24) is 0 Å². The van der Waals surface area contributed by atoms with Crippen molar-refractivity contribution in [2.75, 3.05) is 39.6 Å². The summed E-state index contributed by atoms with van der Waals surface area (Å²) >= 11 is 0. The molecule has 3 N–H and O–H groups in total. The molecule has 3 unspecified atom stereocenters. The first kappa shape index (κ1) is 95.1. The molecule has 6 atom stereocenters. The Labute approximate surface area is 594 Å². The van der Waals surface area contributed by atoms with Gasteiger partial charge >= 0.3 is 39.5 Å². The van der Waals surface area contributed by atoms with Crippen molar-refractivity contribution in [1.29, 1.82) is 0 Å². The van der Waals surface area contributed by atoms with E-state index in [1.54, 1.807) is 0 Å². The van der Waals surface area contributed by atoms with Crippen molar-refractivity contribution < 1.29 is 80.2 Å². The van der Waals surface area contributed by atoms with Crippen LogP contribution in [0.15, 0.2) is 0 Å². The first-order chi connectivity index (χ1) is 47.1. The third-order valence-corrected chi connectivity index (χ3v) is 20.5. The predicted octanol–water partition coefficient (Wildman–Crippen LogP) is 23.3. The van der Waals surface area contributed by atoms with E-state index in [0.717, 1.165) is 95.8 Å². The van der Waals surface area contributed by atoms with Crippen molar-refractivity contribution in [3.63, 3.8) is 0 Å². The van der Waals surface area contributed by atoms with E-state index >= 15 is 0 Å². The Bertz CT molecular complexity index is 1860. The lowest BCUT2D eigenvalue weighted by Gasteiger charge is -2.21. The number of ether oxygens (including phenoxy) is 4. The van der Waals surface area contributed by atoms with Crippen molar-refractivity contribution in [2.24, 2.45) is 5.92 Å². The molecule has 576 valence electrons. The quantitative estimate of drug-likeness (QED) is 0.0222. The summed E-state index contributed by atoms with van der Waals surface area (Å²) in [6.07, 6.45) is 60.7. The van der Waals surface area contributed by atoms with Gasteiger partial charge < -0.3 is 33.8 Å². The lowest BCUT2D eigenvalue weighted by atomic mass is 9.99. The molecule has 97 heavy (non-hydrogen) atoms. The SMILES string of the molecule is CCCCCCCCCCCCCCCCCCC(=O)O[C@H](COC(=O)CCCCCCCCCCCCCCCCC)COP(=O)(O)OC[C@@H](O)COP(=O)(O)OC[C@@H](COC(=O)CCCCCCCCCCCCCC)OC(=O)CCCCCCCCCCCCC(C)CC. The maximum absolute atomic E-state index is 13.1. The first-order valence-electron chi connectivity index (χ1n) is 40.7. The number of unbranched alkanes of at least 4 members (excludes halogenated alkanes) is 49. The molecule has 0 aromatic carbocycles. The highest BCUT2D eigenvalue weighted by Gasteiger charge is 2.30. The van der Waals surface area contributed by atoms with Crippen molar-refractivity contribution in [3.8, 4) is 0 Å². The Balaban J connectivity index is 5.27. The fraction of sp³-hybridized carbons (Fsp3) is 0.949. The van der Waals surface area contributed by atoms with E-state index in [1.165, 1.54) is 238 Å². The summed E-state index contributed by atoms with van der Waals surface area (Å²) in [7, 11) is -9.91. The average molecular weight is 1420 g/mol. The maximum atomic E-state index is 13.1. The van der Waals surface area contributed by atoms with Crippen LogP contribution in [0.1, 0.15) is 413 Å². The Hall–Kier alpha value is -1.94. The second kappa shape index (κ2) is 71.1. The molecule has 0 fully saturated rings. The minimum Gasteiger partial charge on any atom is -0.462 e. The maximum Gasteiger partial charge on any atom is 0.472 e. The highest BCUT2D eigenvalue weighted by molar-refractivity contribution is 7.47. The van der Waals surface area contributed by atoms with Gasteiger partial charge in [-0.05, 0) is 31.6 Å². The van der Waals surface area contributed by atoms with Crippen LogP contribution in [0.3, 0.4) is 0 Å². The number of hydrogen-bond acceptors (Lipinski definition) is 15. The molecule has 0 aliphatic carbocycles. The number of carbonyl (C=O) groups is 4. The highest BCUT2D eigenvalue weighted by Crippen LogP contribution is 2.45. The number of aliphatic hydroxyl groups is 1. The lowest BCUT2D eigenvalue weighted by molar-refractivity contribution is -0.161. The van der Waals surface area contributed by atoms with Gasteiger partial charge in [-0.2, -0.15) is 0 Å². The minimum absolute atomic E-state index is 0.107. The Morgan fingerprint density at radius 3 is 0.732 bits per heavy atom.